The van der Waals surface area contributed by atoms with Crippen LogP contribution in [-0.2, 0) is 15.6 Å². The Morgan fingerprint density at radius 1 is 1.23 bits per heavy atom. The number of ether oxygens (including phenoxy) is 1. The zero-order chi connectivity index (χ0) is 25.1. The van der Waals surface area contributed by atoms with E-state index < -0.39 is 31.4 Å². The molecule has 9 nitrogen and oxygen atoms in total. The zero-order valence-electron chi connectivity index (χ0n) is 18.4. The summed E-state index contributed by atoms with van der Waals surface area (Å²) in [5.41, 5.74) is 1.66. The second-order valence-electron chi connectivity index (χ2n) is 8.61. The Labute approximate surface area is 197 Å². The number of phosphoric acid groups is 1. The smallest absolute Gasteiger partial charge is 0.432 e. The molecule has 0 radical (unpaired) electrons. The highest BCUT2D eigenvalue weighted by atomic mass is 31.2. The number of fused-ring (bicyclic) bond motifs is 2. The number of phosphoric ester groups is 1. The minimum absolute atomic E-state index is 0.0787. The molecule has 2 heterocycles. The molecule has 1 aliphatic heterocycles. The van der Waals surface area contributed by atoms with Crippen molar-refractivity contribution in [2.45, 2.75) is 45.0 Å². The number of carbonyl (C=O) groups excluding carboxylic acids is 1. The van der Waals surface area contributed by atoms with Crippen molar-refractivity contribution in [2.24, 2.45) is 0 Å². The molecule has 1 aromatic heterocycles. The lowest BCUT2D eigenvalue weighted by atomic mass is 9.96. The van der Waals surface area contributed by atoms with Gasteiger partial charge in [-0.1, -0.05) is 12.1 Å². The van der Waals surface area contributed by atoms with Crippen molar-refractivity contribution in [2.75, 3.05) is 0 Å². The molecule has 1 fully saturated rings. The van der Waals surface area contributed by atoms with Crippen LogP contribution in [0, 0.1) is 0 Å². The van der Waals surface area contributed by atoms with E-state index >= 15 is 0 Å². The SMILES string of the molecule is C[C@H]1NCc2cc(-c3ccc4c(=O)c(C(=O)OP(=O)(O)O)cn(C5CC5)c4c3OC(F)F)ccc21. The molecule has 3 aromatic rings. The molecule has 3 N–H and O–H groups in total. The van der Waals surface area contributed by atoms with Crippen LogP contribution < -0.4 is 15.5 Å². The van der Waals surface area contributed by atoms with E-state index in [9.17, 15) is 22.9 Å². The van der Waals surface area contributed by atoms with Crippen LogP contribution in [0.5, 0.6) is 5.75 Å². The number of halogens is 2. The third-order valence-corrected chi connectivity index (χ3v) is 6.64. The monoisotopic (exact) mass is 506 g/mol. The summed E-state index contributed by atoms with van der Waals surface area (Å²) in [4.78, 5) is 43.4. The van der Waals surface area contributed by atoms with Crippen molar-refractivity contribution in [1.82, 2.24) is 9.88 Å². The van der Waals surface area contributed by atoms with Crippen LogP contribution in [0.15, 0.2) is 41.3 Å². The van der Waals surface area contributed by atoms with Gasteiger partial charge in [-0.25, -0.2) is 9.36 Å². The largest absolute Gasteiger partial charge is 0.527 e. The van der Waals surface area contributed by atoms with Crippen molar-refractivity contribution >= 4 is 24.7 Å². The first-order chi connectivity index (χ1) is 16.5. The van der Waals surface area contributed by atoms with Crippen LogP contribution in [-0.4, -0.2) is 26.9 Å². The molecule has 0 amide bonds. The molecule has 1 aliphatic carbocycles. The average Bonchev–Trinajstić information content (AvgIpc) is 3.55. The molecule has 2 aliphatic rings. The minimum Gasteiger partial charge on any atom is -0.432 e. The number of hydrogen-bond acceptors (Lipinski definition) is 6. The molecular formula is C23H21F2N2O7P. The first-order valence-corrected chi connectivity index (χ1v) is 12.4. The van der Waals surface area contributed by atoms with Crippen molar-refractivity contribution < 1.29 is 37.2 Å². The molecule has 0 spiro atoms. The van der Waals surface area contributed by atoms with Gasteiger partial charge in [0, 0.05) is 30.4 Å². The van der Waals surface area contributed by atoms with Crippen LogP contribution in [0.4, 0.5) is 8.78 Å². The van der Waals surface area contributed by atoms with Gasteiger partial charge in [-0.15, -0.1) is 0 Å². The minimum atomic E-state index is -5.21. The Morgan fingerprint density at radius 2 is 1.97 bits per heavy atom. The summed E-state index contributed by atoms with van der Waals surface area (Å²) < 4.78 is 48.8. The van der Waals surface area contributed by atoms with Crippen molar-refractivity contribution in [3.8, 4) is 16.9 Å². The lowest BCUT2D eigenvalue weighted by molar-refractivity contribution is -0.0486. The van der Waals surface area contributed by atoms with Crippen molar-refractivity contribution in [3.63, 3.8) is 0 Å². The Hall–Kier alpha value is -3.11. The Bertz CT molecular complexity index is 1460. The average molecular weight is 506 g/mol. The maximum Gasteiger partial charge on any atom is 0.527 e. The van der Waals surface area contributed by atoms with Crippen molar-refractivity contribution in [1.29, 1.82) is 0 Å². The highest BCUT2D eigenvalue weighted by molar-refractivity contribution is 7.46. The third-order valence-electron chi connectivity index (χ3n) is 6.24. The van der Waals surface area contributed by atoms with Gasteiger partial charge < -0.3 is 19.1 Å². The summed E-state index contributed by atoms with van der Waals surface area (Å²) in [5, 5.41) is 3.21. The van der Waals surface area contributed by atoms with Gasteiger partial charge in [0.25, 0.3) is 0 Å². The summed E-state index contributed by atoms with van der Waals surface area (Å²) >= 11 is 0. The van der Waals surface area contributed by atoms with Gasteiger partial charge in [0.15, 0.2) is 5.75 Å². The van der Waals surface area contributed by atoms with E-state index in [1.807, 2.05) is 19.1 Å². The Balaban J connectivity index is 1.75. The fourth-order valence-electron chi connectivity index (χ4n) is 4.52. The molecule has 0 unspecified atom stereocenters. The van der Waals surface area contributed by atoms with Crippen LogP contribution in [0.2, 0.25) is 0 Å². The van der Waals surface area contributed by atoms with Crippen molar-refractivity contribution in [3.05, 3.63) is 63.4 Å². The molecule has 1 saturated carbocycles. The van der Waals surface area contributed by atoms with Gasteiger partial charge in [-0.05, 0) is 54.7 Å². The molecule has 5 rings (SSSR count). The van der Waals surface area contributed by atoms with Crippen LogP contribution in [0.3, 0.4) is 0 Å². The number of nitrogens with zero attached hydrogens (tertiary/aromatic N) is 1. The lowest BCUT2D eigenvalue weighted by Gasteiger charge is -2.19. The number of benzene rings is 2. The van der Waals surface area contributed by atoms with Gasteiger partial charge in [-0.2, -0.15) is 8.78 Å². The fourth-order valence-corrected chi connectivity index (χ4v) is 4.83. The molecular weight excluding hydrogens is 485 g/mol. The predicted molar refractivity (Wildman–Crippen MR) is 121 cm³/mol. The number of carbonyl (C=O) groups is 1. The molecule has 2 aromatic carbocycles. The summed E-state index contributed by atoms with van der Waals surface area (Å²) in [6.45, 7) is -0.533. The predicted octanol–water partition coefficient (Wildman–Crippen LogP) is 4.02. The molecule has 1 atom stereocenters. The number of nitrogens with one attached hydrogen (secondary N) is 1. The van der Waals surface area contributed by atoms with Crippen LogP contribution >= 0.6 is 7.82 Å². The van der Waals surface area contributed by atoms with Crippen LogP contribution in [0.25, 0.3) is 22.0 Å². The highest BCUT2D eigenvalue weighted by Gasteiger charge is 2.32. The highest BCUT2D eigenvalue weighted by Crippen LogP contribution is 2.44. The standard InChI is InChI=1S/C23H21F2N2O7P/c1-11-15-5-2-12(8-13(15)9-26-11)16-6-7-17-19(21(16)33-23(24)25)27(14-3-4-14)10-18(20(17)28)22(29)34-35(30,31)32/h2,5-8,10-11,14,23,26H,3-4,9H2,1H3,(H2,30,31,32)/t11-/m1/s1. The fraction of sp³-hybridized carbons (Fsp3) is 0.304. The summed E-state index contributed by atoms with van der Waals surface area (Å²) in [6, 6.07) is 8.42. The molecule has 0 bridgehead atoms. The van der Waals surface area contributed by atoms with E-state index in [1.54, 1.807) is 6.07 Å². The first kappa shape index (κ1) is 23.6. The van der Waals surface area contributed by atoms with Gasteiger partial charge in [-0.3, -0.25) is 14.6 Å². The summed E-state index contributed by atoms with van der Waals surface area (Å²) in [5.74, 6) is -1.71. The van der Waals surface area contributed by atoms with Gasteiger partial charge in [0.1, 0.15) is 5.56 Å². The number of pyridine rings is 1. The number of alkyl halides is 2. The van der Waals surface area contributed by atoms with Crippen LogP contribution in [0.1, 0.15) is 53.3 Å². The topological polar surface area (TPSA) is 127 Å². The second-order valence-corrected chi connectivity index (χ2v) is 9.78. The lowest BCUT2D eigenvalue weighted by Crippen LogP contribution is -2.21. The summed E-state index contributed by atoms with van der Waals surface area (Å²) in [7, 11) is -5.21. The quantitative estimate of drug-likeness (QED) is 0.428. The zero-order valence-corrected chi connectivity index (χ0v) is 19.3. The Kier molecular flexibility index (Phi) is 5.76. The van der Waals surface area contributed by atoms with E-state index in [1.165, 1.54) is 16.7 Å². The molecule has 12 heteroatoms. The normalized spacial score (nSPS) is 17.6. The second kappa shape index (κ2) is 8.53. The summed E-state index contributed by atoms with van der Waals surface area (Å²) in [6.07, 6.45) is 2.41. The molecule has 184 valence electrons. The number of rotatable bonds is 6. The van der Waals surface area contributed by atoms with Gasteiger partial charge >= 0.3 is 20.4 Å². The molecule has 0 saturated heterocycles. The maximum absolute atomic E-state index is 13.6. The number of hydrogen-bond donors (Lipinski definition) is 3. The van der Waals surface area contributed by atoms with E-state index in [-0.39, 0.29) is 28.7 Å². The van der Waals surface area contributed by atoms with E-state index in [2.05, 4.69) is 9.84 Å². The van der Waals surface area contributed by atoms with Gasteiger partial charge in [0.05, 0.1) is 10.9 Å². The Morgan fingerprint density at radius 3 is 2.63 bits per heavy atom. The van der Waals surface area contributed by atoms with Gasteiger partial charge in [0.2, 0.25) is 5.43 Å². The van der Waals surface area contributed by atoms with E-state index in [4.69, 9.17) is 14.5 Å². The first-order valence-electron chi connectivity index (χ1n) is 10.9. The van der Waals surface area contributed by atoms with E-state index in [0.717, 1.165) is 17.3 Å². The third kappa shape index (κ3) is 4.48. The molecule has 35 heavy (non-hydrogen) atoms. The number of aromatic nitrogens is 1. The maximum atomic E-state index is 13.6. The van der Waals surface area contributed by atoms with E-state index in [0.29, 0.717) is 30.5 Å².